The van der Waals surface area contributed by atoms with Crippen LogP contribution in [0.1, 0.15) is 34.5 Å². The van der Waals surface area contributed by atoms with Gasteiger partial charge >= 0.3 is 0 Å². The van der Waals surface area contributed by atoms with Gasteiger partial charge in [0.15, 0.2) is 0 Å². The molecule has 0 spiro atoms. The van der Waals surface area contributed by atoms with Crippen LogP contribution >= 0.6 is 0 Å². The number of fused-ring (bicyclic) bond motifs is 3. The van der Waals surface area contributed by atoms with E-state index in [0.29, 0.717) is 0 Å². The summed E-state index contributed by atoms with van der Waals surface area (Å²) >= 11 is 0. The fourth-order valence-electron chi connectivity index (χ4n) is 3.09. The summed E-state index contributed by atoms with van der Waals surface area (Å²) in [5.41, 5.74) is 4.53. The van der Waals surface area contributed by atoms with Crippen LogP contribution in [0.4, 0.5) is 0 Å². The van der Waals surface area contributed by atoms with Gasteiger partial charge in [0, 0.05) is 31.5 Å². The van der Waals surface area contributed by atoms with Crippen molar-refractivity contribution >= 4 is 16.8 Å². The van der Waals surface area contributed by atoms with Gasteiger partial charge in [0.05, 0.1) is 0 Å². The zero-order valence-electron chi connectivity index (χ0n) is 11.9. The van der Waals surface area contributed by atoms with Crippen LogP contribution in [0.25, 0.3) is 10.9 Å². The third-order valence-electron chi connectivity index (χ3n) is 4.18. The maximum atomic E-state index is 12.6. The highest BCUT2D eigenvalue weighted by Gasteiger charge is 2.24. The van der Waals surface area contributed by atoms with E-state index in [1.807, 2.05) is 19.0 Å². The van der Waals surface area contributed by atoms with Gasteiger partial charge in [-0.15, -0.1) is 0 Å². The molecular formula is C16H20N2O. The normalized spacial score (nSPS) is 16.4. The number of hydrogen-bond donors (Lipinski definition) is 0. The van der Waals surface area contributed by atoms with E-state index in [-0.39, 0.29) is 5.91 Å². The first-order valence-electron chi connectivity index (χ1n) is 6.93. The Morgan fingerprint density at radius 3 is 2.74 bits per heavy atom. The van der Waals surface area contributed by atoms with E-state index in [4.69, 9.17) is 0 Å². The fraction of sp³-hybridized carbons (Fsp3) is 0.438. The number of aromatic nitrogens is 1. The van der Waals surface area contributed by atoms with Crippen LogP contribution in [0.5, 0.6) is 0 Å². The molecule has 19 heavy (non-hydrogen) atoms. The van der Waals surface area contributed by atoms with Crippen molar-refractivity contribution in [2.24, 2.45) is 7.05 Å². The van der Waals surface area contributed by atoms with Crippen LogP contribution in [0, 0.1) is 6.92 Å². The molecule has 1 aliphatic rings. The Kier molecular flexibility index (Phi) is 2.85. The van der Waals surface area contributed by atoms with Crippen molar-refractivity contribution in [3.05, 3.63) is 35.0 Å². The van der Waals surface area contributed by atoms with Gasteiger partial charge in [-0.05, 0) is 43.9 Å². The number of hydrogen-bond acceptors (Lipinski definition) is 1. The Labute approximate surface area is 113 Å². The zero-order chi connectivity index (χ0) is 13.6. The van der Waals surface area contributed by atoms with Gasteiger partial charge in [-0.1, -0.05) is 11.6 Å². The quantitative estimate of drug-likeness (QED) is 0.711. The second-order valence-corrected chi connectivity index (χ2v) is 5.59. The highest BCUT2D eigenvalue weighted by Crippen LogP contribution is 2.29. The average Bonchev–Trinajstić information content (AvgIpc) is 2.64. The van der Waals surface area contributed by atoms with Crippen LogP contribution in [0.3, 0.4) is 0 Å². The number of carbonyl (C=O) groups excluding carboxylic acids is 1. The lowest BCUT2D eigenvalue weighted by Gasteiger charge is -2.21. The summed E-state index contributed by atoms with van der Waals surface area (Å²) in [5.74, 6) is 0.158. The number of benzene rings is 1. The van der Waals surface area contributed by atoms with Crippen LogP contribution < -0.4 is 0 Å². The summed E-state index contributed by atoms with van der Waals surface area (Å²) in [6.45, 7) is 2.97. The van der Waals surface area contributed by atoms with Crippen LogP contribution in [-0.2, 0) is 13.5 Å². The molecule has 1 amide bonds. The van der Waals surface area contributed by atoms with E-state index >= 15 is 0 Å². The summed E-state index contributed by atoms with van der Waals surface area (Å²) in [4.78, 5) is 14.4. The van der Waals surface area contributed by atoms with Crippen molar-refractivity contribution in [2.75, 3.05) is 13.6 Å². The van der Waals surface area contributed by atoms with E-state index < -0.39 is 0 Å². The highest BCUT2D eigenvalue weighted by molar-refractivity contribution is 6.02. The lowest BCUT2D eigenvalue weighted by Crippen LogP contribution is -2.31. The summed E-state index contributed by atoms with van der Waals surface area (Å²) in [7, 11) is 3.91. The highest BCUT2D eigenvalue weighted by atomic mass is 16.2. The summed E-state index contributed by atoms with van der Waals surface area (Å²) in [6, 6.07) is 6.45. The maximum absolute atomic E-state index is 12.6. The monoisotopic (exact) mass is 256 g/mol. The first-order valence-corrected chi connectivity index (χ1v) is 6.93. The molecular weight excluding hydrogens is 236 g/mol. The minimum Gasteiger partial charge on any atom is -0.340 e. The molecule has 0 saturated heterocycles. The minimum atomic E-state index is 0.158. The fourth-order valence-corrected chi connectivity index (χ4v) is 3.09. The second kappa shape index (κ2) is 4.41. The largest absolute Gasteiger partial charge is 0.340 e. The van der Waals surface area contributed by atoms with Crippen molar-refractivity contribution in [3.63, 3.8) is 0 Å². The van der Waals surface area contributed by atoms with Crippen LogP contribution in [0.15, 0.2) is 18.2 Å². The van der Waals surface area contributed by atoms with E-state index in [1.54, 1.807) is 0 Å². The third-order valence-corrected chi connectivity index (χ3v) is 4.18. The molecule has 0 bridgehead atoms. The molecule has 3 rings (SSSR count). The molecule has 0 N–H and O–H groups in total. The molecule has 2 heterocycles. The molecule has 1 aromatic heterocycles. The van der Waals surface area contributed by atoms with E-state index in [2.05, 4.69) is 29.7 Å². The van der Waals surface area contributed by atoms with Gasteiger partial charge in [-0.25, -0.2) is 0 Å². The Bertz CT molecular complexity index is 654. The Balaban J connectivity index is 2.32. The molecule has 100 valence electrons. The third kappa shape index (κ3) is 1.84. The van der Waals surface area contributed by atoms with Gasteiger partial charge < -0.3 is 9.47 Å². The van der Waals surface area contributed by atoms with Crippen molar-refractivity contribution in [1.82, 2.24) is 9.47 Å². The van der Waals surface area contributed by atoms with Gasteiger partial charge in [0.2, 0.25) is 0 Å². The summed E-state index contributed by atoms with van der Waals surface area (Å²) < 4.78 is 2.06. The smallest absolute Gasteiger partial charge is 0.270 e. The van der Waals surface area contributed by atoms with Gasteiger partial charge in [-0.3, -0.25) is 4.79 Å². The predicted molar refractivity (Wildman–Crippen MR) is 77.6 cm³/mol. The Hall–Kier alpha value is -1.77. The van der Waals surface area contributed by atoms with E-state index in [1.165, 1.54) is 22.0 Å². The average molecular weight is 256 g/mol. The number of amides is 1. The molecule has 1 aromatic carbocycles. The van der Waals surface area contributed by atoms with Gasteiger partial charge in [0.1, 0.15) is 5.69 Å². The molecule has 3 heteroatoms. The molecule has 1 aliphatic heterocycles. The molecule has 0 saturated carbocycles. The zero-order valence-corrected chi connectivity index (χ0v) is 11.9. The molecule has 0 fully saturated rings. The first-order chi connectivity index (χ1) is 9.09. The lowest BCUT2D eigenvalue weighted by molar-refractivity contribution is 0.0778. The number of nitrogens with zero attached hydrogens (tertiary/aromatic N) is 2. The molecule has 0 radical (unpaired) electrons. The van der Waals surface area contributed by atoms with E-state index in [9.17, 15) is 4.79 Å². The van der Waals surface area contributed by atoms with Crippen molar-refractivity contribution in [3.8, 4) is 0 Å². The number of carbonyl (C=O) groups is 1. The van der Waals surface area contributed by atoms with Crippen LogP contribution in [-0.4, -0.2) is 29.0 Å². The minimum absolute atomic E-state index is 0.158. The molecule has 0 atom stereocenters. The standard InChI is InChI=1S/C16H20N2O/c1-11-7-8-14-13(10-11)12-6-4-5-9-17(2)16(19)15(12)18(14)3/h7-8,10H,4-6,9H2,1-3H3. The molecule has 2 aromatic rings. The van der Waals surface area contributed by atoms with Crippen molar-refractivity contribution in [1.29, 1.82) is 0 Å². The first kappa shape index (κ1) is 12.3. The second-order valence-electron chi connectivity index (χ2n) is 5.59. The van der Waals surface area contributed by atoms with Crippen LogP contribution in [0.2, 0.25) is 0 Å². The topological polar surface area (TPSA) is 25.2 Å². The lowest BCUT2D eigenvalue weighted by atomic mass is 10.0. The Morgan fingerprint density at radius 2 is 1.95 bits per heavy atom. The summed E-state index contributed by atoms with van der Waals surface area (Å²) in [5, 5.41) is 1.25. The van der Waals surface area contributed by atoms with E-state index in [0.717, 1.165) is 31.5 Å². The SMILES string of the molecule is Cc1ccc2c(c1)c1c(n2C)C(=O)N(C)CCCC1. The molecule has 3 nitrogen and oxygen atoms in total. The predicted octanol–water partition coefficient (Wildman–Crippen LogP) is 2.90. The van der Waals surface area contributed by atoms with Crippen molar-refractivity contribution < 1.29 is 4.79 Å². The molecule has 0 aliphatic carbocycles. The molecule has 0 unspecified atom stereocenters. The number of aryl methyl sites for hydroxylation is 3. The Morgan fingerprint density at radius 1 is 1.16 bits per heavy atom. The maximum Gasteiger partial charge on any atom is 0.270 e. The summed E-state index contributed by atoms with van der Waals surface area (Å²) in [6.07, 6.45) is 3.25. The van der Waals surface area contributed by atoms with Gasteiger partial charge in [0.25, 0.3) is 5.91 Å². The number of rotatable bonds is 0. The van der Waals surface area contributed by atoms with Crippen molar-refractivity contribution in [2.45, 2.75) is 26.2 Å². The van der Waals surface area contributed by atoms with Gasteiger partial charge in [-0.2, -0.15) is 0 Å².